The van der Waals surface area contributed by atoms with Crippen molar-refractivity contribution in [3.63, 3.8) is 0 Å². The van der Waals surface area contributed by atoms with E-state index in [-0.39, 0.29) is 17.5 Å². The molecule has 36 heavy (non-hydrogen) atoms. The third kappa shape index (κ3) is 5.88. The average molecular weight is 522 g/mol. The van der Waals surface area contributed by atoms with Crippen molar-refractivity contribution in [2.24, 2.45) is 0 Å². The molecule has 0 saturated heterocycles. The number of benzene rings is 1. The third-order valence-electron chi connectivity index (χ3n) is 5.59. The van der Waals surface area contributed by atoms with Crippen LogP contribution in [0.2, 0.25) is 5.28 Å². The summed E-state index contributed by atoms with van der Waals surface area (Å²) in [6.07, 6.45) is -0.215. The van der Waals surface area contributed by atoms with Crippen molar-refractivity contribution < 1.29 is 22.7 Å². The molecule has 0 bridgehead atoms. The van der Waals surface area contributed by atoms with Gasteiger partial charge in [-0.1, -0.05) is 0 Å². The number of hydrogen-bond donors (Lipinski definition) is 2. The van der Waals surface area contributed by atoms with E-state index in [1.165, 1.54) is 11.0 Å². The summed E-state index contributed by atoms with van der Waals surface area (Å²) >= 11 is 5.87. The second kappa shape index (κ2) is 10.4. The first kappa shape index (κ1) is 25.3. The van der Waals surface area contributed by atoms with Crippen molar-refractivity contribution in [1.82, 2.24) is 19.9 Å². The fraction of sp³-hybridized carbons (Fsp3) is 0.304. The number of carbonyl (C=O) groups excluding carboxylic acids is 1. The van der Waals surface area contributed by atoms with Crippen molar-refractivity contribution in [2.75, 3.05) is 36.1 Å². The van der Waals surface area contributed by atoms with E-state index >= 15 is 0 Å². The lowest BCUT2D eigenvalue weighted by Gasteiger charge is -2.26. The van der Waals surface area contributed by atoms with E-state index in [9.17, 15) is 18.0 Å². The number of alkyl halides is 3. The first-order valence-electron chi connectivity index (χ1n) is 10.9. The summed E-state index contributed by atoms with van der Waals surface area (Å²) < 4.78 is 44.0. The van der Waals surface area contributed by atoms with Gasteiger partial charge in [-0.25, -0.2) is 9.97 Å². The van der Waals surface area contributed by atoms with Crippen LogP contribution in [-0.4, -0.2) is 46.5 Å². The molecule has 3 N–H and O–H groups in total. The maximum absolute atomic E-state index is 12.9. The van der Waals surface area contributed by atoms with Crippen LogP contribution in [0.1, 0.15) is 22.4 Å². The molecule has 0 unspecified atom stereocenters. The Morgan fingerprint density at radius 1 is 1.25 bits per heavy atom. The molecule has 5 rings (SSSR count). The number of pyridine rings is 1. The minimum Gasteiger partial charge on any atom is -0.489 e. The number of carbonyl (C=O) groups is 1. The van der Waals surface area contributed by atoms with Gasteiger partial charge < -0.3 is 25.6 Å². The van der Waals surface area contributed by atoms with Crippen LogP contribution in [0.25, 0.3) is 0 Å². The van der Waals surface area contributed by atoms with Gasteiger partial charge >= 0.3 is 6.18 Å². The van der Waals surface area contributed by atoms with E-state index < -0.39 is 11.7 Å². The SMILES string of the molecule is CN1CCOc2ccncc21.Nc1cc(CNc2nc(Cl)nc3c2CN(C=O)C3)cc(C(F)(F)F)c1. The van der Waals surface area contributed by atoms with Gasteiger partial charge in [0.1, 0.15) is 18.2 Å². The fourth-order valence-electron chi connectivity index (χ4n) is 3.83. The van der Waals surface area contributed by atoms with Crippen LogP contribution in [0.4, 0.5) is 30.4 Å². The maximum Gasteiger partial charge on any atom is 0.416 e. The van der Waals surface area contributed by atoms with Gasteiger partial charge in [-0.2, -0.15) is 13.2 Å². The molecule has 2 aliphatic heterocycles. The zero-order valence-corrected chi connectivity index (χ0v) is 20.0. The highest BCUT2D eigenvalue weighted by atomic mass is 35.5. The van der Waals surface area contributed by atoms with Gasteiger partial charge in [0.25, 0.3) is 0 Å². The number of nitrogens with two attached hydrogens (primary N) is 1. The molecule has 3 aromatic rings. The van der Waals surface area contributed by atoms with Crippen molar-refractivity contribution in [1.29, 1.82) is 0 Å². The summed E-state index contributed by atoms with van der Waals surface area (Å²) in [6.45, 7) is 2.40. The van der Waals surface area contributed by atoms with Crippen LogP contribution < -0.4 is 20.7 Å². The van der Waals surface area contributed by atoms with Gasteiger partial charge in [0, 0.05) is 37.1 Å². The molecule has 0 fully saturated rings. The van der Waals surface area contributed by atoms with Crippen LogP contribution in [0.3, 0.4) is 0 Å². The first-order valence-corrected chi connectivity index (χ1v) is 11.2. The quantitative estimate of drug-likeness (QED) is 0.304. The van der Waals surface area contributed by atoms with E-state index in [4.69, 9.17) is 22.1 Å². The van der Waals surface area contributed by atoms with Crippen LogP contribution in [0.5, 0.6) is 5.75 Å². The lowest BCUT2D eigenvalue weighted by molar-refractivity contribution is -0.137. The Kier molecular flexibility index (Phi) is 7.34. The maximum atomic E-state index is 12.9. The standard InChI is InChI=1S/C15H13ClF3N5O.C8H10N2O/c16-14-22-12-6-24(7-25)5-11(12)13(23-14)21-4-8-1-9(15(17,18)19)3-10(20)2-8;1-10-4-5-11-8-2-3-9-6-7(8)10/h1-3,7H,4-6,20H2,(H,21,22,23);2-3,6H,4-5H2,1H3. The van der Waals surface area contributed by atoms with E-state index in [0.29, 0.717) is 42.1 Å². The van der Waals surface area contributed by atoms with Gasteiger partial charge in [0.15, 0.2) is 0 Å². The molecule has 0 spiro atoms. The smallest absolute Gasteiger partial charge is 0.416 e. The first-order chi connectivity index (χ1) is 17.1. The number of amides is 1. The molecule has 2 aromatic heterocycles. The molecule has 190 valence electrons. The summed E-state index contributed by atoms with van der Waals surface area (Å²) in [5.41, 5.74) is 7.49. The second-order valence-electron chi connectivity index (χ2n) is 8.20. The van der Waals surface area contributed by atoms with Gasteiger partial charge in [-0.15, -0.1) is 0 Å². The van der Waals surface area contributed by atoms with Gasteiger partial charge in [-0.3, -0.25) is 9.78 Å². The zero-order chi connectivity index (χ0) is 25.9. The molecule has 2 aliphatic rings. The Labute approximate surface area is 210 Å². The number of anilines is 3. The van der Waals surface area contributed by atoms with Gasteiger partial charge in [0.05, 0.1) is 42.8 Å². The predicted octanol–water partition coefficient (Wildman–Crippen LogP) is 3.73. The normalized spacial score (nSPS) is 14.2. The van der Waals surface area contributed by atoms with E-state index in [0.717, 1.165) is 36.7 Å². The number of ether oxygens (including phenoxy) is 1. The minimum atomic E-state index is -4.48. The largest absolute Gasteiger partial charge is 0.489 e. The number of halogens is 4. The molecule has 1 amide bonds. The Morgan fingerprint density at radius 3 is 2.78 bits per heavy atom. The van der Waals surface area contributed by atoms with Crippen LogP contribution in [0.15, 0.2) is 36.7 Å². The number of likely N-dealkylation sites (N-methyl/N-ethyl adjacent to an activating group) is 1. The van der Waals surface area contributed by atoms with Crippen molar-refractivity contribution in [3.8, 4) is 5.75 Å². The molecule has 9 nitrogen and oxygen atoms in total. The molecule has 13 heteroatoms. The molecule has 0 atom stereocenters. The Hall–Kier alpha value is -3.80. The number of hydrogen-bond acceptors (Lipinski definition) is 8. The molecular weight excluding hydrogens is 499 g/mol. The van der Waals surface area contributed by atoms with Crippen LogP contribution >= 0.6 is 11.6 Å². The summed E-state index contributed by atoms with van der Waals surface area (Å²) in [5.74, 6) is 1.32. The average Bonchev–Trinajstić information content (AvgIpc) is 3.26. The minimum absolute atomic E-state index is 0.00226. The Morgan fingerprint density at radius 2 is 2.06 bits per heavy atom. The lowest BCUT2D eigenvalue weighted by Crippen LogP contribution is -2.28. The molecule has 0 aliphatic carbocycles. The highest BCUT2D eigenvalue weighted by Crippen LogP contribution is 2.32. The summed E-state index contributed by atoms with van der Waals surface area (Å²) in [5, 5.41) is 2.95. The number of fused-ring (bicyclic) bond motifs is 2. The van der Waals surface area contributed by atoms with Crippen LogP contribution in [0, 0.1) is 0 Å². The molecule has 1 aromatic carbocycles. The molecule has 4 heterocycles. The van der Waals surface area contributed by atoms with E-state index in [1.54, 1.807) is 6.20 Å². The Bertz CT molecular complexity index is 1260. The number of nitrogens with zero attached hydrogens (tertiary/aromatic N) is 5. The fourth-order valence-corrected chi connectivity index (χ4v) is 4.02. The van der Waals surface area contributed by atoms with E-state index in [1.807, 2.05) is 19.3 Å². The third-order valence-corrected chi connectivity index (χ3v) is 5.76. The number of nitrogen functional groups attached to an aromatic ring is 1. The summed E-state index contributed by atoms with van der Waals surface area (Å²) in [6, 6.07) is 5.24. The highest BCUT2D eigenvalue weighted by molar-refractivity contribution is 6.28. The second-order valence-corrected chi connectivity index (χ2v) is 8.54. The Balaban J connectivity index is 0.000000229. The van der Waals surface area contributed by atoms with Crippen molar-refractivity contribution >= 4 is 35.2 Å². The molecule has 0 saturated carbocycles. The molecular formula is C23H23ClF3N7O2. The number of aromatic nitrogens is 3. The highest BCUT2D eigenvalue weighted by Gasteiger charge is 2.31. The zero-order valence-electron chi connectivity index (χ0n) is 19.2. The van der Waals surface area contributed by atoms with Gasteiger partial charge in [0.2, 0.25) is 11.7 Å². The van der Waals surface area contributed by atoms with Crippen molar-refractivity contribution in [2.45, 2.75) is 25.8 Å². The van der Waals surface area contributed by atoms with E-state index in [2.05, 4.69) is 25.2 Å². The topological polar surface area (TPSA) is 110 Å². The monoisotopic (exact) mass is 521 g/mol. The summed E-state index contributed by atoms with van der Waals surface area (Å²) in [4.78, 5) is 26.7. The predicted molar refractivity (Wildman–Crippen MR) is 129 cm³/mol. The number of nitrogens with one attached hydrogen (secondary N) is 1. The molecule has 0 radical (unpaired) electrons. The van der Waals surface area contributed by atoms with Crippen molar-refractivity contribution in [3.05, 3.63) is 64.3 Å². The summed E-state index contributed by atoms with van der Waals surface area (Å²) in [7, 11) is 2.04. The number of rotatable bonds is 4. The van der Waals surface area contributed by atoms with Crippen LogP contribution in [-0.2, 0) is 30.6 Å². The van der Waals surface area contributed by atoms with Gasteiger partial charge in [-0.05, 0) is 35.4 Å². The lowest BCUT2D eigenvalue weighted by atomic mass is 10.1.